The number of piperidine rings is 1. The lowest BCUT2D eigenvalue weighted by Crippen LogP contribution is -2.33. The number of rotatable bonds is 10. The van der Waals surface area contributed by atoms with Gasteiger partial charge >= 0.3 is 5.97 Å². The highest BCUT2D eigenvalue weighted by Gasteiger charge is 2.25. The van der Waals surface area contributed by atoms with Crippen molar-refractivity contribution >= 4 is 35.1 Å². The van der Waals surface area contributed by atoms with E-state index in [0.29, 0.717) is 28.1 Å². The van der Waals surface area contributed by atoms with Gasteiger partial charge in [-0.05, 0) is 73.5 Å². The summed E-state index contributed by atoms with van der Waals surface area (Å²) in [6.45, 7) is 3.61. The molecular weight excluding hydrogens is 559 g/mol. The summed E-state index contributed by atoms with van der Waals surface area (Å²) >= 11 is 12.6. The fraction of sp³-hybridized carbons (Fsp3) is 0.281. The second kappa shape index (κ2) is 13.3. The average molecular weight is 592 g/mol. The molecule has 4 aromatic rings. The number of nitrogens with one attached hydrogen (secondary N) is 1. The van der Waals surface area contributed by atoms with Crippen LogP contribution in [0.15, 0.2) is 78.9 Å². The molecule has 2 N–H and O–H groups in total. The third kappa shape index (κ3) is 7.76. The summed E-state index contributed by atoms with van der Waals surface area (Å²) in [5.74, 6) is -0.880. The summed E-state index contributed by atoms with van der Waals surface area (Å²) in [6, 6.07) is 25.5. The number of carboxylic acids is 1. The third-order valence-electron chi connectivity index (χ3n) is 7.40. The minimum Gasteiger partial charge on any atom is -0.481 e. The number of amides is 1. The lowest BCUT2D eigenvalue weighted by Gasteiger charge is -2.32. The smallest absolute Gasteiger partial charge is 0.305 e. The first kappa shape index (κ1) is 28.9. The monoisotopic (exact) mass is 590 g/mol. The molecule has 3 aromatic carbocycles. The van der Waals surface area contributed by atoms with E-state index in [1.807, 2.05) is 30.3 Å². The number of halogens is 2. The average Bonchev–Trinajstić information content (AvgIpc) is 3.37. The summed E-state index contributed by atoms with van der Waals surface area (Å²) in [7, 11) is 0. The van der Waals surface area contributed by atoms with E-state index in [-0.39, 0.29) is 18.9 Å². The van der Waals surface area contributed by atoms with E-state index < -0.39 is 5.97 Å². The maximum atomic E-state index is 12.4. The van der Waals surface area contributed by atoms with Crippen LogP contribution in [0.2, 0.25) is 10.0 Å². The molecule has 2 heterocycles. The van der Waals surface area contributed by atoms with Crippen molar-refractivity contribution in [3.63, 3.8) is 0 Å². The van der Waals surface area contributed by atoms with Crippen LogP contribution >= 0.6 is 23.2 Å². The van der Waals surface area contributed by atoms with Gasteiger partial charge in [0.15, 0.2) is 0 Å². The molecule has 1 saturated heterocycles. The standard InChI is InChI=1S/C32H32Cl2N4O3/c33-27-16-26(17-28(34)18-27)29-19-30(24-11-14-37(15-12-24)20-22-4-2-1-3-5-22)38(36-29)21-23-6-8-25(9-7-23)32(41)35-13-10-31(39)40/h1-9,16-19,24H,10-15,20-21H2,(H,35,41)(H,39,40). The Hall–Kier alpha value is -3.65. The van der Waals surface area contributed by atoms with Crippen molar-refractivity contribution in [3.8, 4) is 11.3 Å². The molecule has 0 aliphatic carbocycles. The van der Waals surface area contributed by atoms with Crippen LogP contribution in [0.25, 0.3) is 11.3 Å². The van der Waals surface area contributed by atoms with Crippen molar-refractivity contribution in [2.75, 3.05) is 19.6 Å². The Kier molecular flexibility index (Phi) is 9.39. The predicted molar refractivity (Wildman–Crippen MR) is 162 cm³/mol. The normalized spacial score (nSPS) is 14.2. The molecular formula is C32H32Cl2N4O3. The fourth-order valence-electron chi connectivity index (χ4n) is 5.28. The third-order valence-corrected chi connectivity index (χ3v) is 7.83. The molecule has 41 heavy (non-hydrogen) atoms. The number of benzene rings is 3. The van der Waals surface area contributed by atoms with Crippen LogP contribution in [-0.2, 0) is 17.9 Å². The Morgan fingerprint density at radius 3 is 2.20 bits per heavy atom. The lowest BCUT2D eigenvalue weighted by molar-refractivity contribution is -0.136. The zero-order valence-corrected chi connectivity index (χ0v) is 24.1. The van der Waals surface area contributed by atoms with Gasteiger partial charge in [0.1, 0.15) is 0 Å². The molecule has 1 aliphatic rings. The van der Waals surface area contributed by atoms with Crippen LogP contribution in [0, 0.1) is 0 Å². The predicted octanol–water partition coefficient (Wildman–Crippen LogP) is 6.49. The summed E-state index contributed by atoms with van der Waals surface area (Å²) in [6.07, 6.45) is 1.95. The second-order valence-corrected chi connectivity index (χ2v) is 11.3. The van der Waals surface area contributed by atoms with E-state index in [1.54, 1.807) is 18.2 Å². The largest absolute Gasteiger partial charge is 0.481 e. The van der Waals surface area contributed by atoms with Crippen LogP contribution in [0.3, 0.4) is 0 Å². The molecule has 7 nitrogen and oxygen atoms in total. The molecule has 1 amide bonds. The molecule has 0 saturated carbocycles. The molecule has 0 bridgehead atoms. The molecule has 9 heteroatoms. The van der Waals surface area contributed by atoms with E-state index >= 15 is 0 Å². The zero-order chi connectivity index (χ0) is 28.8. The highest BCUT2D eigenvalue weighted by Crippen LogP contribution is 2.33. The van der Waals surface area contributed by atoms with Crippen molar-refractivity contribution in [3.05, 3.63) is 111 Å². The SMILES string of the molecule is O=C(O)CCNC(=O)c1ccc(Cn2nc(-c3cc(Cl)cc(Cl)c3)cc2C2CCN(Cc3ccccc3)CC2)cc1. The van der Waals surface area contributed by atoms with Crippen molar-refractivity contribution < 1.29 is 14.7 Å². The Labute approximate surface area is 249 Å². The lowest BCUT2D eigenvalue weighted by atomic mass is 9.92. The van der Waals surface area contributed by atoms with E-state index in [4.69, 9.17) is 33.4 Å². The highest BCUT2D eigenvalue weighted by molar-refractivity contribution is 6.35. The number of carbonyl (C=O) groups excluding carboxylic acids is 1. The topological polar surface area (TPSA) is 87.5 Å². The number of nitrogens with zero attached hydrogens (tertiary/aromatic N) is 3. The number of hydrogen-bond acceptors (Lipinski definition) is 4. The second-order valence-electron chi connectivity index (χ2n) is 10.4. The van der Waals surface area contributed by atoms with Crippen molar-refractivity contribution in [1.82, 2.24) is 20.0 Å². The van der Waals surface area contributed by atoms with E-state index in [1.165, 1.54) is 11.3 Å². The van der Waals surface area contributed by atoms with Crippen LogP contribution in [-0.4, -0.2) is 51.3 Å². The Morgan fingerprint density at radius 2 is 1.54 bits per heavy atom. The Balaban J connectivity index is 1.33. The number of likely N-dealkylation sites (tertiary alicyclic amines) is 1. The van der Waals surface area contributed by atoms with E-state index in [0.717, 1.165) is 49.3 Å². The van der Waals surface area contributed by atoms with Crippen molar-refractivity contribution in [2.24, 2.45) is 0 Å². The molecule has 212 valence electrons. The molecule has 0 atom stereocenters. The van der Waals surface area contributed by atoms with E-state index in [9.17, 15) is 9.59 Å². The van der Waals surface area contributed by atoms with Gasteiger partial charge in [0.25, 0.3) is 5.91 Å². The van der Waals surface area contributed by atoms with Crippen molar-refractivity contribution in [2.45, 2.75) is 38.3 Å². The van der Waals surface area contributed by atoms with Crippen LogP contribution in [0.5, 0.6) is 0 Å². The Morgan fingerprint density at radius 1 is 0.878 bits per heavy atom. The van der Waals surface area contributed by atoms with Gasteiger partial charge in [-0.2, -0.15) is 5.10 Å². The first-order valence-corrected chi connectivity index (χ1v) is 14.5. The number of aromatic nitrogens is 2. The molecule has 1 fully saturated rings. The molecule has 0 unspecified atom stereocenters. The maximum absolute atomic E-state index is 12.4. The number of hydrogen-bond donors (Lipinski definition) is 2. The molecule has 5 rings (SSSR count). The summed E-state index contributed by atoms with van der Waals surface area (Å²) in [5.41, 5.74) is 5.69. The van der Waals surface area contributed by atoms with E-state index in [2.05, 4.69) is 45.2 Å². The highest BCUT2D eigenvalue weighted by atomic mass is 35.5. The number of aliphatic carboxylic acids is 1. The summed E-state index contributed by atoms with van der Waals surface area (Å²) in [5, 5.41) is 17.5. The van der Waals surface area contributed by atoms with Crippen LogP contribution < -0.4 is 5.32 Å². The van der Waals surface area contributed by atoms with Gasteiger partial charge in [-0.1, -0.05) is 65.7 Å². The van der Waals surface area contributed by atoms with Gasteiger partial charge in [0, 0.05) is 45.9 Å². The first-order chi connectivity index (χ1) is 19.8. The quantitative estimate of drug-likeness (QED) is 0.220. The van der Waals surface area contributed by atoms with Gasteiger partial charge in [-0.15, -0.1) is 0 Å². The van der Waals surface area contributed by atoms with Gasteiger partial charge in [-0.3, -0.25) is 19.2 Å². The molecule has 1 aromatic heterocycles. The molecule has 1 aliphatic heterocycles. The maximum Gasteiger partial charge on any atom is 0.305 e. The van der Waals surface area contributed by atoms with Crippen molar-refractivity contribution in [1.29, 1.82) is 0 Å². The number of carboxylic acid groups (broad SMARTS) is 1. The van der Waals surface area contributed by atoms with Gasteiger partial charge < -0.3 is 10.4 Å². The first-order valence-electron chi connectivity index (χ1n) is 13.7. The number of carbonyl (C=O) groups is 2. The zero-order valence-electron chi connectivity index (χ0n) is 22.6. The molecule has 0 spiro atoms. The minimum absolute atomic E-state index is 0.0903. The van der Waals surface area contributed by atoms with Gasteiger partial charge in [0.2, 0.25) is 0 Å². The fourth-order valence-corrected chi connectivity index (χ4v) is 5.80. The van der Waals surface area contributed by atoms with Crippen LogP contribution in [0.4, 0.5) is 0 Å². The summed E-state index contributed by atoms with van der Waals surface area (Å²) in [4.78, 5) is 25.6. The molecule has 0 radical (unpaired) electrons. The minimum atomic E-state index is -0.947. The van der Waals surface area contributed by atoms with Gasteiger partial charge in [0.05, 0.1) is 18.7 Å². The summed E-state index contributed by atoms with van der Waals surface area (Å²) < 4.78 is 2.06. The Bertz CT molecular complexity index is 1480. The van der Waals surface area contributed by atoms with Gasteiger partial charge in [-0.25, -0.2) is 0 Å². The van der Waals surface area contributed by atoms with Crippen LogP contribution in [0.1, 0.15) is 52.4 Å².